The molecule has 0 unspecified atom stereocenters. The molecule has 0 saturated carbocycles. The number of hydrazone groups is 1. The average Bonchev–Trinajstić information content (AvgIpc) is 2.80. The van der Waals surface area contributed by atoms with Gasteiger partial charge in [-0.05, 0) is 30.3 Å². The highest BCUT2D eigenvalue weighted by molar-refractivity contribution is 7.12. The first-order valence-electron chi connectivity index (χ1n) is 5.13. The van der Waals surface area contributed by atoms with Gasteiger partial charge in [-0.2, -0.15) is 9.49 Å². The SMILES string of the molecule is O=C(N/N=C/c1cc(Cl)ccc1O)c1ccc(F)s1. The third-order valence-electron chi connectivity index (χ3n) is 2.16. The first-order chi connectivity index (χ1) is 9.06. The molecular formula is C12H8ClFN2O2S. The van der Waals surface area contributed by atoms with Gasteiger partial charge in [0.05, 0.1) is 11.1 Å². The number of thiophene rings is 1. The normalized spacial score (nSPS) is 10.8. The monoisotopic (exact) mass is 298 g/mol. The second-order valence-electron chi connectivity index (χ2n) is 3.51. The number of halogens is 2. The maximum absolute atomic E-state index is 12.7. The second-order valence-corrected chi connectivity index (χ2v) is 4.98. The highest BCUT2D eigenvalue weighted by Gasteiger charge is 2.07. The molecule has 0 aliphatic rings. The van der Waals surface area contributed by atoms with Crippen LogP contribution in [-0.2, 0) is 0 Å². The Labute approximate surface area is 117 Å². The lowest BCUT2D eigenvalue weighted by Gasteiger charge is -1.99. The van der Waals surface area contributed by atoms with Crippen LogP contribution in [0.4, 0.5) is 4.39 Å². The first-order valence-corrected chi connectivity index (χ1v) is 6.33. The minimum atomic E-state index is -0.522. The van der Waals surface area contributed by atoms with Gasteiger partial charge in [0.2, 0.25) is 0 Å². The highest BCUT2D eigenvalue weighted by Crippen LogP contribution is 2.19. The molecule has 0 fully saturated rings. The zero-order valence-electron chi connectivity index (χ0n) is 9.43. The smallest absolute Gasteiger partial charge is 0.281 e. The van der Waals surface area contributed by atoms with Crippen LogP contribution in [0.15, 0.2) is 35.4 Å². The number of hydrogen-bond donors (Lipinski definition) is 2. The van der Waals surface area contributed by atoms with E-state index in [-0.39, 0.29) is 10.6 Å². The minimum absolute atomic E-state index is 0.00966. The van der Waals surface area contributed by atoms with E-state index >= 15 is 0 Å². The van der Waals surface area contributed by atoms with Crippen molar-refractivity contribution < 1.29 is 14.3 Å². The van der Waals surface area contributed by atoms with E-state index in [0.29, 0.717) is 10.6 Å². The number of hydrogen-bond acceptors (Lipinski definition) is 4. The van der Waals surface area contributed by atoms with E-state index in [4.69, 9.17) is 11.6 Å². The molecule has 1 aromatic heterocycles. The van der Waals surface area contributed by atoms with Gasteiger partial charge in [-0.1, -0.05) is 11.6 Å². The summed E-state index contributed by atoms with van der Waals surface area (Å²) < 4.78 is 12.7. The zero-order chi connectivity index (χ0) is 13.8. The summed E-state index contributed by atoms with van der Waals surface area (Å²) in [7, 11) is 0. The maximum Gasteiger partial charge on any atom is 0.281 e. The molecule has 7 heteroatoms. The lowest BCUT2D eigenvalue weighted by molar-refractivity contribution is 0.0959. The molecule has 0 saturated heterocycles. The van der Waals surface area contributed by atoms with Gasteiger partial charge in [0.15, 0.2) is 5.13 Å². The topological polar surface area (TPSA) is 61.7 Å². The van der Waals surface area contributed by atoms with Crippen molar-refractivity contribution in [2.75, 3.05) is 0 Å². The number of aromatic hydroxyl groups is 1. The van der Waals surface area contributed by atoms with Crippen LogP contribution in [-0.4, -0.2) is 17.2 Å². The summed E-state index contributed by atoms with van der Waals surface area (Å²) in [6, 6.07) is 7.01. The number of carbonyl (C=O) groups is 1. The van der Waals surface area contributed by atoms with Crippen molar-refractivity contribution in [2.45, 2.75) is 0 Å². The molecule has 1 aromatic carbocycles. The summed E-state index contributed by atoms with van der Waals surface area (Å²) in [6.45, 7) is 0. The second kappa shape index (κ2) is 5.81. The molecule has 19 heavy (non-hydrogen) atoms. The zero-order valence-corrected chi connectivity index (χ0v) is 11.0. The van der Waals surface area contributed by atoms with Gasteiger partial charge in [0.1, 0.15) is 5.75 Å². The summed E-state index contributed by atoms with van der Waals surface area (Å²) >= 11 is 6.48. The van der Waals surface area contributed by atoms with E-state index in [2.05, 4.69) is 10.5 Å². The lowest BCUT2D eigenvalue weighted by Crippen LogP contribution is -2.16. The van der Waals surface area contributed by atoms with Gasteiger partial charge in [-0.15, -0.1) is 11.3 Å². The summed E-state index contributed by atoms with van der Waals surface area (Å²) in [5.74, 6) is -0.531. The fourth-order valence-corrected chi connectivity index (χ4v) is 2.08. The molecule has 0 spiro atoms. The number of benzene rings is 1. The van der Waals surface area contributed by atoms with Gasteiger partial charge < -0.3 is 5.11 Å². The fourth-order valence-electron chi connectivity index (χ4n) is 1.28. The summed E-state index contributed by atoms with van der Waals surface area (Å²) in [4.78, 5) is 11.7. The third-order valence-corrected chi connectivity index (χ3v) is 3.26. The van der Waals surface area contributed by atoms with Crippen LogP contribution in [0, 0.1) is 5.13 Å². The fraction of sp³-hybridized carbons (Fsp3) is 0. The van der Waals surface area contributed by atoms with Gasteiger partial charge in [0.25, 0.3) is 5.91 Å². The quantitative estimate of drug-likeness (QED) is 0.676. The Morgan fingerprint density at radius 2 is 2.21 bits per heavy atom. The first kappa shape index (κ1) is 13.5. The van der Waals surface area contributed by atoms with Gasteiger partial charge in [-0.3, -0.25) is 4.79 Å². The Morgan fingerprint density at radius 3 is 2.89 bits per heavy atom. The van der Waals surface area contributed by atoms with Gasteiger partial charge >= 0.3 is 0 Å². The molecule has 0 bridgehead atoms. The van der Waals surface area contributed by atoms with E-state index in [1.54, 1.807) is 0 Å². The van der Waals surface area contributed by atoms with Crippen LogP contribution in [0.25, 0.3) is 0 Å². The molecule has 0 radical (unpaired) electrons. The minimum Gasteiger partial charge on any atom is -0.507 e. The molecule has 0 aliphatic carbocycles. The number of carbonyl (C=O) groups excluding carboxylic acids is 1. The molecule has 98 valence electrons. The van der Waals surface area contributed by atoms with E-state index in [0.717, 1.165) is 11.3 Å². The van der Waals surface area contributed by atoms with E-state index in [9.17, 15) is 14.3 Å². The average molecular weight is 299 g/mol. The van der Waals surface area contributed by atoms with E-state index in [1.807, 2.05) is 0 Å². The van der Waals surface area contributed by atoms with Crippen LogP contribution in [0.2, 0.25) is 5.02 Å². The molecule has 0 atom stereocenters. The van der Waals surface area contributed by atoms with Crippen LogP contribution in [0.1, 0.15) is 15.2 Å². The Balaban J connectivity index is 2.04. The Kier molecular flexibility index (Phi) is 4.13. The number of phenols is 1. The maximum atomic E-state index is 12.7. The van der Waals surface area contributed by atoms with Crippen LogP contribution >= 0.6 is 22.9 Å². The number of phenolic OH excluding ortho intramolecular Hbond substituents is 1. The third kappa shape index (κ3) is 3.52. The van der Waals surface area contributed by atoms with Gasteiger partial charge in [0, 0.05) is 10.6 Å². The lowest BCUT2D eigenvalue weighted by atomic mass is 10.2. The summed E-state index contributed by atoms with van der Waals surface area (Å²) in [6.07, 6.45) is 1.25. The number of nitrogens with zero attached hydrogens (tertiary/aromatic N) is 1. The molecule has 2 N–H and O–H groups in total. The van der Waals surface area contributed by atoms with Crippen molar-refractivity contribution >= 4 is 35.1 Å². The Morgan fingerprint density at radius 1 is 1.42 bits per heavy atom. The number of rotatable bonds is 3. The number of nitrogens with one attached hydrogen (secondary N) is 1. The molecule has 2 rings (SSSR count). The summed E-state index contributed by atoms with van der Waals surface area (Å²) in [5, 5.41) is 13.2. The predicted molar refractivity (Wildman–Crippen MR) is 72.5 cm³/mol. The van der Waals surface area contributed by atoms with E-state index < -0.39 is 11.0 Å². The van der Waals surface area contributed by atoms with Crippen molar-refractivity contribution in [3.8, 4) is 5.75 Å². The Bertz CT molecular complexity index is 642. The predicted octanol–water partition coefficient (Wildman–Crippen LogP) is 3.01. The molecule has 1 heterocycles. The van der Waals surface area contributed by atoms with Crippen molar-refractivity contribution in [1.82, 2.24) is 5.43 Å². The van der Waals surface area contributed by atoms with Crippen molar-refractivity contribution in [2.24, 2.45) is 5.10 Å². The van der Waals surface area contributed by atoms with Crippen LogP contribution < -0.4 is 5.43 Å². The Hall–Kier alpha value is -1.92. The summed E-state index contributed by atoms with van der Waals surface area (Å²) in [5.41, 5.74) is 2.59. The highest BCUT2D eigenvalue weighted by atomic mass is 35.5. The molecule has 2 aromatic rings. The largest absolute Gasteiger partial charge is 0.507 e. The van der Waals surface area contributed by atoms with Crippen molar-refractivity contribution in [3.05, 3.63) is 50.9 Å². The molecule has 0 aliphatic heterocycles. The van der Waals surface area contributed by atoms with Crippen LogP contribution in [0.3, 0.4) is 0 Å². The standard InChI is InChI=1S/C12H8ClFN2O2S/c13-8-1-2-9(17)7(5-8)6-15-16-12(18)10-3-4-11(14)19-10/h1-6,17H,(H,16,18)/b15-6+. The van der Waals surface area contributed by atoms with Crippen molar-refractivity contribution in [3.63, 3.8) is 0 Å². The van der Waals surface area contributed by atoms with Crippen molar-refractivity contribution in [1.29, 1.82) is 0 Å². The van der Waals surface area contributed by atoms with E-state index in [1.165, 1.54) is 36.5 Å². The number of amides is 1. The molecule has 4 nitrogen and oxygen atoms in total. The molecular weight excluding hydrogens is 291 g/mol. The molecule has 1 amide bonds. The van der Waals surface area contributed by atoms with Crippen LogP contribution in [0.5, 0.6) is 5.75 Å². The van der Waals surface area contributed by atoms with Gasteiger partial charge in [-0.25, -0.2) is 5.43 Å².